The number of hydrogen-bond donors (Lipinski definition) is 8. The summed E-state index contributed by atoms with van der Waals surface area (Å²) >= 11 is 8.82. The summed E-state index contributed by atoms with van der Waals surface area (Å²) in [5.74, 6) is -11.6. The highest BCUT2D eigenvalue weighted by molar-refractivity contribution is 8.40. The van der Waals surface area contributed by atoms with Gasteiger partial charge in [-0.3, -0.25) is 57.1 Å². The Balaban J connectivity index is 0.000000879. The molecule has 2 aliphatic carbocycles. The number of aryl methyl sites for hydroxylation is 4. The van der Waals surface area contributed by atoms with E-state index in [2.05, 4.69) is 114 Å². The van der Waals surface area contributed by atoms with Gasteiger partial charge >= 0.3 is 47.3 Å². The monoisotopic (exact) mass is 2120 g/mol. The molecule has 6 amide bonds. The summed E-state index contributed by atoms with van der Waals surface area (Å²) in [6.07, 6.45) is 26.9. The lowest BCUT2D eigenvalue weighted by atomic mass is 9.87. The molecule has 2 heterocycles. The Hall–Kier alpha value is -6.02. The number of ether oxygens (including phenoxy) is 1. The van der Waals surface area contributed by atoms with E-state index in [0.29, 0.717) is 31.6 Å². The molecule has 6 rings (SSSR count). The van der Waals surface area contributed by atoms with E-state index >= 15 is 0 Å². The summed E-state index contributed by atoms with van der Waals surface area (Å²) in [5.41, 5.74) is 13.6. The lowest BCUT2D eigenvalue weighted by molar-refractivity contribution is -0.137. The zero-order valence-electron chi connectivity index (χ0n) is 83.0. The summed E-state index contributed by atoms with van der Waals surface area (Å²) in [5, 5.41) is 24.4. The Morgan fingerprint density at radius 1 is 0.500 bits per heavy atom. The Morgan fingerprint density at radius 3 is 1.17 bits per heavy atom. The van der Waals surface area contributed by atoms with Crippen LogP contribution in [-0.4, -0.2) is 179 Å². The molecule has 0 spiro atoms. The molecular formula is C95H159N11O22P8S2+4. The Kier molecular flexibility index (Phi) is 64.8. The van der Waals surface area contributed by atoms with Crippen molar-refractivity contribution >= 4 is 144 Å². The number of nitrogens with two attached hydrogens (primary N) is 2. The van der Waals surface area contributed by atoms with Gasteiger partial charge in [-0.25, -0.2) is 9.97 Å². The van der Waals surface area contributed by atoms with Crippen molar-refractivity contribution in [3.63, 3.8) is 0 Å². The highest BCUT2D eigenvalue weighted by Gasteiger charge is 2.48. The molecule has 4 unspecified atom stereocenters. The van der Waals surface area contributed by atoms with Gasteiger partial charge in [0.1, 0.15) is 12.1 Å². The summed E-state index contributed by atoms with van der Waals surface area (Å²) < 4.78 is 105. The fraction of sp³-hybridized carbons (Fsp3) is 0.705. The maximum absolute atomic E-state index is 14.7. The molecule has 43 heteroatoms. The third-order valence-electron chi connectivity index (χ3n) is 23.8. The number of aliphatic hydroxyl groups is 1. The average molecular weight is 2120 g/mol. The number of imidazole rings is 2. The van der Waals surface area contributed by atoms with Crippen molar-refractivity contribution in [1.82, 2.24) is 45.7 Å². The van der Waals surface area contributed by atoms with Gasteiger partial charge in [0.15, 0.2) is 49.8 Å². The second kappa shape index (κ2) is 69.9. The molecule has 2 saturated carbocycles. The molecule has 138 heavy (non-hydrogen) atoms. The molecule has 0 bridgehead atoms. The third-order valence-corrected chi connectivity index (χ3v) is 36.2. The minimum Gasteiger partial charge on any atom is -0.394 e. The standard InChI is InChI=1S/C49H78N5O11P3.C44H68N5O11P3.CH5N.CH4.P2S2/c1-35(2)27-42(52-46(57)38-24-18-19-25-38)44(55)29-39(28-40-31-51-34-54(40)26-20-13-11-10-12-15-21-37-22-16-14-17-23-37)47(58)53-43(32-63-49(4,5)6)45(56)30-41(48(59)50-7)36(3)33-68(62,64-66(8)60)65-67(9)61;1-31(2)23-38(47-43(54)34-20-14-15-21-34)40(51)25-35(24-36-27-46-30-49(36)22-16-9-7-6-8-11-17-33-18-12-10-13-19-33)44(55)48-39(28-50)41(52)26-37(42(45)53)32(3)29-63(58,59-61(4)56)60-62(5)57;1-2;;3-1-2-4/h14,16-17,22-23,31,34-36,38-39,41-43H,10-13,15,18-21,24-30,32-33H2,1-9H3,(H-2,50,52,53,57,58,59);10,12-13,18-19,27,30-32,34-35,37-39,50H,6-9,11,14-17,20-26,28-29H2,1-5H3,(H2-2,45,47,48,53,54,55);2H2,1H3;1H4;/p+4/t36-,39+,41-,42-,43-;32-,35+,37-,38-,39-;;;/m00.../s1. The van der Waals surface area contributed by atoms with Gasteiger partial charge in [0.25, 0.3) is 0 Å². The molecule has 2 aromatic carbocycles. The maximum atomic E-state index is 14.7. The second-order valence-corrected chi connectivity index (χ2v) is 51.0. The zero-order valence-corrected chi connectivity index (χ0v) is 91.8. The van der Waals surface area contributed by atoms with Crippen LogP contribution in [0.4, 0.5) is 0 Å². The minimum absolute atomic E-state index is 0. The number of amides is 6. The topological polar surface area (TPSA) is 487 Å². The molecular weight excluding hydrogens is 1960 g/mol. The third kappa shape index (κ3) is 52.5. The fourth-order valence-corrected chi connectivity index (χ4v) is 26.2. The molecule has 2 aromatic heterocycles. The molecule has 774 valence electrons. The Labute approximate surface area is 836 Å². The summed E-state index contributed by atoms with van der Waals surface area (Å²) in [4.78, 5) is 147. The van der Waals surface area contributed by atoms with Crippen LogP contribution in [0.2, 0.25) is 0 Å². The molecule has 14 atom stereocenters. The van der Waals surface area contributed by atoms with Crippen LogP contribution in [0.15, 0.2) is 85.7 Å². The predicted molar refractivity (Wildman–Crippen MR) is 554 cm³/mol. The van der Waals surface area contributed by atoms with Crippen LogP contribution in [-0.2, 0) is 160 Å². The normalized spacial score (nSPS) is 16.3. The molecule has 0 saturated heterocycles. The van der Waals surface area contributed by atoms with Gasteiger partial charge in [0.2, 0.25) is 35.4 Å². The number of hydrogen-bond acceptors (Lipinski definition) is 27. The van der Waals surface area contributed by atoms with Crippen molar-refractivity contribution in [2.45, 2.75) is 305 Å². The van der Waals surface area contributed by atoms with E-state index in [1.807, 2.05) is 49.0 Å². The fourth-order valence-electron chi connectivity index (χ4n) is 16.8. The van der Waals surface area contributed by atoms with E-state index in [1.54, 1.807) is 52.7 Å². The van der Waals surface area contributed by atoms with E-state index in [1.165, 1.54) is 45.5 Å². The molecule has 10 N–H and O–H groups in total. The Bertz CT molecular complexity index is 4510. The highest BCUT2D eigenvalue weighted by Crippen LogP contribution is 2.62. The summed E-state index contributed by atoms with van der Waals surface area (Å²) in [7, 11) is -13.7. The van der Waals surface area contributed by atoms with E-state index in [-0.39, 0.29) is 86.8 Å². The number of rotatable bonds is 66. The Morgan fingerprint density at radius 2 is 0.833 bits per heavy atom. The van der Waals surface area contributed by atoms with Gasteiger partial charge < -0.3 is 57.0 Å². The van der Waals surface area contributed by atoms with Gasteiger partial charge in [-0.1, -0.05) is 204 Å². The predicted octanol–water partition coefficient (Wildman–Crippen LogP) is 18.9. The van der Waals surface area contributed by atoms with Crippen LogP contribution in [0.3, 0.4) is 0 Å². The van der Waals surface area contributed by atoms with E-state index in [4.69, 9.17) is 27.7 Å². The minimum atomic E-state index is -4.27. The average Bonchev–Trinajstić information content (AvgIpc) is 1.20. The highest BCUT2D eigenvalue weighted by atomic mass is 32.7. The van der Waals surface area contributed by atoms with E-state index in [0.717, 1.165) is 174 Å². The number of Topliss-reactive ketones (excluding diaryl/α,β-unsaturated/α-hetero) is 4. The van der Waals surface area contributed by atoms with Crippen LogP contribution in [0.25, 0.3) is 0 Å². The van der Waals surface area contributed by atoms with Gasteiger partial charge in [-0.2, -0.15) is 0 Å². The SMILES string of the molecule is C.CC(C)C[C@H](NC(=O)C1CCCC1)C(=O)C[C@@H](Cc1cncn1CCCCCCCCc1ccccc1)C(=O)N[C@@H](CO)C(=O)C[C@H](C(N)=O)[C@@H](C)CP(=O)(O[P+](C)=O)O[P+](C)=O.CN.CNC(=O)[C@@H](CC(=O)[C@H](COC(C)(C)C)NC(=O)[C@@H](CC(=O)[C@H](CC(C)C)NC(=O)C1CCCC1)Cc1cncn1CCCCCCCCc1ccccc1)[C@@H](C)CP(=O)(O[P+](C)=O)O[P+](C)=O.S=PP=S. The molecule has 4 aromatic rings. The first-order valence-corrected chi connectivity index (χ1v) is 62.4. The van der Waals surface area contributed by atoms with Crippen molar-refractivity contribution in [3.05, 3.63) is 108 Å². The van der Waals surface area contributed by atoms with Crippen molar-refractivity contribution in [2.75, 3.05) is 66.3 Å². The number of benzene rings is 2. The number of carbonyl (C=O) groups excluding carboxylic acids is 10. The first kappa shape index (κ1) is 128. The lowest BCUT2D eigenvalue weighted by Gasteiger charge is -2.29. The quantitative estimate of drug-likeness (QED) is 0.0150. The number of primary amides is 1. The van der Waals surface area contributed by atoms with E-state index < -0.39 is 180 Å². The van der Waals surface area contributed by atoms with E-state index in [9.17, 15) is 80.4 Å². The first-order valence-electron chi connectivity index (χ1n) is 47.9. The van der Waals surface area contributed by atoms with Crippen LogP contribution in [0, 0.1) is 59.2 Å². The molecule has 0 aliphatic heterocycles. The number of nitrogens with zero attached hydrogens (tertiary/aromatic N) is 4. The summed E-state index contributed by atoms with van der Waals surface area (Å²) in [6, 6.07) is 16.5. The van der Waals surface area contributed by atoms with Gasteiger partial charge in [-0.05, 0) is 182 Å². The smallest absolute Gasteiger partial charge is 0.394 e. The van der Waals surface area contributed by atoms with Crippen molar-refractivity contribution in [2.24, 2.45) is 70.6 Å². The number of ketones is 4. The number of nitrogens with one attached hydrogen (secondary N) is 5. The molecule has 33 nitrogen and oxygen atoms in total. The number of aliphatic hydroxyl groups excluding tert-OH is 1. The van der Waals surface area contributed by atoms with Crippen molar-refractivity contribution in [1.29, 1.82) is 0 Å². The van der Waals surface area contributed by atoms with Crippen LogP contribution in [0.5, 0.6) is 0 Å². The number of carbonyl (C=O) groups is 10. The van der Waals surface area contributed by atoms with Crippen LogP contribution >= 0.6 is 61.4 Å². The molecule has 0 radical (unpaired) electrons. The maximum Gasteiger partial charge on any atom is 0.513 e. The summed E-state index contributed by atoms with van der Waals surface area (Å²) in [6.45, 7) is 21.0. The second-order valence-electron chi connectivity index (χ2n) is 37.4. The van der Waals surface area contributed by atoms with Gasteiger partial charge in [0.05, 0.1) is 67.7 Å². The van der Waals surface area contributed by atoms with Crippen LogP contribution < -0.4 is 38.1 Å². The van der Waals surface area contributed by atoms with Crippen molar-refractivity contribution < 1.29 is 102 Å². The molecule has 2 fully saturated rings. The number of aromatic nitrogens is 4. The van der Waals surface area contributed by atoms with Gasteiger partial charge in [-0.15, -0.1) is 0 Å². The first-order chi connectivity index (χ1) is 64.9. The number of unbranched alkanes of at least 4 members (excludes halogenated alkanes) is 10. The van der Waals surface area contributed by atoms with Crippen molar-refractivity contribution in [3.8, 4) is 0 Å². The lowest BCUT2D eigenvalue weighted by Crippen LogP contribution is -2.50. The zero-order chi connectivity index (χ0) is 102. The largest absolute Gasteiger partial charge is 0.513 e. The van der Waals surface area contributed by atoms with Crippen LogP contribution in [0.1, 0.15) is 259 Å². The van der Waals surface area contributed by atoms with Gasteiger partial charge in [0, 0.05) is 120 Å². The molecule has 2 aliphatic rings.